The number of hydrogen-bond donors (Lipinski definition) is 1. The third kappa shape index (κ3) is 5.28. The summed E-state index contributed by atoms with van der Waals surface area (Å²) in [6.07, 6.45) is 0. The maximum atomic E-state index is 13.4. The van der Waals surface area contributed by atoms with Crippen LogP contribution in [-0.4, -0.2) is 50.3 Å². The van der Waals surface area contributed by atoms with Crippen molar-refractivity contribution in [2.75, 3.05) is 39.5 Å². The van der Waals surface area contributed by atoms with Crippen LogP contribution in [0.15, 0.2) is 48.5 Å². The molecule has 2 aromatic rings. The number of morpholine rings is 1. The summed E-state index contributed by atoms with van der Waals surface area (Å²) in [6, 6.07) is 13.7. The van der Waals surface area contributed by atoms with E-state index in [1.165, 1.54) is 18.2 Å². The van der Waals surface area contributed by atoms with E-state index in [1.54, 1.807) is 6.07 Å². The average molecular weight is 372 g/mol. The minimum absolute atomic E-state index is 0.0158. The van der Waals surface area contributed by atoms with Gasteiger partial charge in [-0.1, -0.05) is 18.2 Å². The van der Waals surface area contributed by atoms with Crippen molar-refractivity contribution in [2.24, 2.45) is 0 Å². The van der Waals surface area contributed by atoms with Gasteiger partial charge in [0.2, 0.25) is 0 Å². The lowest BCUT2D eigenvalue weighted by Crippen LogP contribution is -2.43. The second-order valence-electron chi connectivity index (χ2n) is 6.39. The first kappa shape index (κ1) is 19.3. The number of nitrogens with one attached hydrogen (secondary N) is 1. The van der Waals surface area contributed by atoms with Gasteiger partial charge in [-0.15, -0.1) is 0 Å². The summed E-state index contributed by atoms with van der Waals surface area (Å²) in [6.45, 7) is 5.95. The number of amides is 1. The quantitative estimate of drug-likeness (QED) is 0.812. The van der Waals surface area contributed by atoms with Crippen molar-refractivity contribution >= 4 is 5.91 Å². The van der Waals surface area contributed by atoms with E-state index in [4.69, 9.17) is 9.47 Å². The fourth-order valence-corrected chi connectivity index (χ4v) is 3.22. The van der Waals surface area contributed by atoms with Gasteiger partial charge in [-0.2, -0.15) is 0 Å². The molecule has 0 aliphatic carbocycles. The molecule has 0 saturated carbocycles. The number of ether oxygens (including phenoxy) is 2. The first-order chi connectivity index (χ1) is 13.2. The normalized spacial score (nSPS) is 15.9. The predicted octanol–water partition coefficient (Wildman–Crippen LogP) is 3.03. The molecule has 144 valence electrons. The van der Waals surface area contributed by atoms with Crippen molar-refractivity contribution < 1.29 is 18.7 Å². The standard InChI is InChI=1S/C21H25FN2O3/c1-2-27-19-8-6-16(7-9-19)20(24-10-12-26-13-11-24)15-23-21(25)17-4-3-5-18(22)14-17/h3-9,14,20H,2,10-13,15H2,1H3,(H,23,25). The number of hydrogen-bond acceptors (Lipinski definition) is 4. The zero-order chi connectivity index (χ0) is 19.1. The molecule has 1 amide bonds. The van der Waals surface area contributed by atoms with Gasteiger partial charge >= 0.3 is 0 Å². The van der Waals surface area contributed by atoms with E-state index < -0.39 is 5.82 Å². The molecule has 0 radical (unpaired) electrons. The molecule has 3 rings (SSSR count). The van der Waals surface area contributed by atoms with Gasteiger partial charge in [0.05, 0.1) is 25.9 Å². The highest BCUT2D eigenvalue weighted by atomic mass is 19.1. The molecule has 6 heteroatoms. The Balaban J connectivity index is 1.72. The molecule has 2 aromatic carbocycles. The molecule has 0 bridgehead atoms. The average Bonchev–Trinajstić information content (AvgIpc) is 2.70. The molecule has 1 heterocycles. The van der Waals surface area contributed by atoms with Crippen molar-refractivity contribution in [1.82, 2.24) is 10.2 Å². The first-order valence-corrected chi connectivity index (χ1v) is 9.25. The van der Waals surface area contributed by atoms with Crippen molar-refractivity contribution in [2.45, 2.75) is 13.0 Å². The third-order valence-corrected chi connectivity index (χ3v) is 4.61. The van der Waals surface area contributed by atoms with Gasteiger partial charge in [-0.3, -0.25) is 9.69 Å². The molecule has 1 atom stereocenters. The summed E-state index contributed by atoms with van der Waals surface area (Å²) >= 11 is 0. The van der Waals surface area contributed by atoms with Crippen LogP contribution >= 0.6 is 0 Å². The van der Waals surface area contributed by atoms with Crippen LogP contribution in [0.5, 0.6) is 5.75 Å². The Morgan fingerprint density at radius 3 is 2.63 bits per heavy atom. The number of carbonyl (C=O) groups is 1. The van der Waals surface area contributed by atoms with Crippen molar-refractivity contribution in [1.29, 1.82) is 0 Å². The Bertz CT molecular complexity index is 745. The summed E-state index contributed by atoms with van der Waals surface area (Å²) < 4.78 is 24.3. The number of halogens is 1. The summed E-state index contributed by atoms with van der Waals surface area (Å²) in [7, 11) is 0. The van der Waals surface area contributed by atoms with E-state index in [0.29, 0.717) is 31.9 Å². The van der Waals surface area contributed by atoms with Crippen LogP contribution in [0.2, 0.25) is 0 Å². The minimum atomic E-state index is -0.418. The van der Waals surface area contributed by atoms with E-state index in [0.717, 1.165) is 24.4 Å². The van der Waals surface area contributed by atoms with E-state index in [2.05, 4.69) is 10.2 Å². The Hall–Kier alpha value is -2.44. The summed E-state index contributed by atoms with van der Waals surface area (Å²) in [5.74, 6) is 0.128. The summed E-state index contributed by atoms with van der Waals surface area (Å²) in [5, 5.41) is 2.94. The molecule has 5 nitrogen and oxygen atoms in total. The Morgan fingerprint density at radius 1 is 1.22 bits per heavy atom. The van der Waals surface area contributed by atoms with E-state index in [-0.39, 0.29) is 11.9 Å². The molecule has 1 aliphatic rings. The molecule has 1 aliphatic heterocycles. The lowest BCUT2D eigenvalue weighted by atomic mass is 10.0. The molecule has 0 aromatic heterocycles. The van der Waals surface area contributed by atoms with E-state index >= 15 is 0 Å². The molecule has 1 saturated heterocycles. The van der Waals surface area contributed by atoms with Gasteiger partial charge in [0.1, 0.15) is 11.6 Å². The van der Waals surface area contributed by atoms with Gasteiger partial charge in [0.25, 0.3) is 5.91 Å². The summed E-state index contributed by atoms with van der Waals surface area (Å²) in [4.78, 5) is 14.7. The molecular weight excluding hydrogens is 347 g/mol. The Morgan fingerprint density at radius 2 is 1.96 bits per heavy atom. The zero-order valence-electron chi connectivity index (χ0n) is 15.5. The molecule has 0 spiro atoms. The second kappa shape index (κ2) is 9.48. The number of nitrogens with zero attached hydrogens (tertiary/aromatic N) is 1. The SMILES string of the molecule is CCOc1ccc(C(CNC(=O)c2cccc(F)c2)N2CCOCC2)cc1. The van der Waals surface area contributed by atoms with Gasteiger partial charge in [-0.05, 0) is 42.8 Å². The van der Waals surface area contributed by atoms with Gasteiger partial charge in [-0.25, -0.2) is 4.39 Å². The molecule has 1 N–H and O–H groups in total. The van der Waals surface area contributed by atoms with Crippen LogP contribution in [0, 0.1) is 5.82 Å². The zero-order valence-corrected chi connectivity index (χ0v) is 15.5. The summed E-state index contributed by atoms with van der Waals surface area (Å²) in [5.41, 5.74) is 1.42. The minimum Gasteiger partial charge on any atom is -0.494 e. The van der Waals surface area contributed by atoms with Gasteiger partial charge in [0, 0.05) is 25.2 Å². The van der Waals surface area contributed by atoms with Crippen LogP contribution in [-0.2, 0) is 4.74 Å². The molecule has 1 unspecified atom stereocenters. The van der Waals surface area contributed by atoms with E-state index in [9.17, 15) is 9.18 Å². The number of carbonyl (C=O) groups excluding carboxylic acids is 1. The lowest BCUT2D eigenvalue weighted by Gasteiger charge is -2.35. The van der Waals surface area contributed by atoms with Crippen molar-refractivity contribution in [3.05, 3.63) is 65.5 Å². The number of benzene rings is 2. The third-order valence-electron chi connectivity index (χ3n) is 4.61. The second-order valence-corrected chi connectivity index (χ2v) is 6.39. The van der Waals surface area contributed by atoms with E-state index in [1.807, 2.05) is 31.2 Å². The Kier molecular flexibility index (Phi) is 6.79. The highest BCUT2D eigenvalue weighted by Gasteiger charge is 2.23. The maximum Gasteiger partial charge on any atom is 0.251 e. The van der Waals surface area contributed by atoms with Crippen LogP contribution in [0.25, 0.3) is 0 Å². The van der Waals surface area contributed by atoms with Crippen LogP contribution in [0.4, 0.5) is 4.39 Å². The first-order valence-electron chi connectivity index (χ1n) is 9.25. The predicted molar refractivity (Wildman–Crippen MR) is 101 cm³/mol. The smallest absolute Gasteiger partial charge is 0.251 e. The van der Waals surface area contributed by atoms with Crippen LogP contribution in [0.1, 0.15) is 28.9 Å². The fraction of sp³-hybridized carbons (Fsp3) is 0.381. The maximum absolute atomic E-state index is 13.4. The van der Waals surface area contributed by atoms with Crippen molar-refractivity contribution in [3.63, 3.8) is 0 Å². The molecule has 1 fully saturated rings. The number of rotatable bonds is 7. The monoisotopic (exact) mass is 372 g/mol. The topological polar surface area (TPSA) is 50.8 Å². The highest BCUT2D eigenvalue weighted by Crippen LogP contribution is 2.24. The fourth-order valence-electron chi connectivity index (χ4n) is 3.22. The van der Waals surface area contributed by atoms with Crippen molar-refractivity contribution in [3.8, 4) is 5.75 Å². The highest BCUT2D eigenvalue weighted by molar-refractivity contribution is 5.94. The molecule has 27 heavy (non-hydrogen) atoms. The largest absolute Gasteiger partial charge is 0.494 e. The van der Waals surface area contributed by atoms with Gasteiger partial charge < -0.3 is 14.8 Å². The lowest BCUT2D eigenvalue weighted by molar-refractivity contribution is 0.0162. The molecular formula is C21H25FN2O3. The van der Waals surface area contributed by atoms with Crippen LogP contribution in [0.3, 0.4) is 0 Å². The Labute approximate surface area is 159 Å². The van der Waals surface area contributed by atoms with Crippen LogP contribution < -0.4 is 10.1 Å². The van der Waals surface area contributed by atoms with Gasteiger partial charge in [0.15, 0.2) is 0 Å².